The van der Waals surface area contributed by atoms with Gasteiger partial charge < -0.3 is 10.1 Å². The van der Waals surface area contributed by atoms with Gasteiger partial charge in [0, 0.05) is 28.7 Å². The van der Waals surface area contributed by atoms with Gasteiger partial charge in [-0.15, -0.1) is 0 Å². The predicted molar refractivity (Wildman–Crippen MR) is 84.0 cm³/mol. The fourth-order valence-corrected chi connectivity index (χ4v) is 3.24. The maximum Gasteiger partial charge on any atom is 0.0462 e. The first-order valence-corrected chi connectivity index (χ1v) is 7.94. The minimum atomic E-state index is 0.397. The first-order chi connectivity index (χ1) is 8.67. The third kappa shape index (κ3) is 5.83. The van der Waals surface area contributed by atoms with Crippen molar-refractivity contribution in [2.24, 2.45) is 0 Å². The lowest BCUT2D eigenvalue weighted by atomic mass is 10.0. The Kier molecular flexibility index (Phi) is 8.15. The molecule has 0 amide bonds. The monoisotopic (exact) mass is 377 g/mol. The highest BCUT2D eigenvalue weighted by Gasteiger charge is 2.11. The van der Waals surface area contributed by atoms with Crippen LogP contribution >= 0.6 is 31.9 Å². The molecule has 0 aliphatic rings. The molecule has 0 saturated heterocycles. The molecule has 1 unspecified atom stereocenters. The van der Waals surface area contributed by atoms with Crippen LogP contribution in [0.3, 0.4) is 0 Å². The lowest BCUT2D eigenvalue weighted by Crippen LogP contribution is -2.22. The van der Waals surface area contributed by atoms with Gasteiger partial charge >= 0.3 is 0 Å². The van der Waals surface area contributed by atoms with E-state index in [1.165, 1.54) is 5.56 Å². The van der Waals surface area contributed by atoms with Gasteiger partial charge in [-0.25, -0.2) is 0 Å². The van der Waals surface area contributed by atoms with Crippen molar-refractivity contribution in [3.05, 3.63) is 32.7 Å². The zero-order valence-electron chi connectivity index (χ0n) is 11.0. The normalized spacial score (nSPS) is 12.7. The minimum Gasteiger partial charge on any atom is -0.385 e. The molecule has 0 fully saturated rings. The van der Waals surface area contributed by atoms with Crippen molar-refractivity contribution in [2.75, 3.05) is 20.3 Å². The SMILES string of the molecule is CCCNC(CCCOC)c1cc(Br)cc(Br)c1. The van der Waals surface area contributed by atoms with Crippen LogP contribution in [0.25, 0.3) is 0 Å². The molecular formula is C14H21Br2NO. The third-order valence-electron chi connectivity index (χ3n) is 2.77. The van der Waals surface area contributed by atoms with Crippen molar-refractivity contribution in [1.82, 2.24) is 5.32 Å². The van der Waals surface area contributed by atoms with Crippen molar-refractivity contribution in [3.8, 4) is 0 Å². The molecular weight excluding hydrogens is 358 g/mol. The number of benzene rings is 1. The van der Waals surface area contributed by atoms with Gasteiger partial charge in [0.05, 0.1) is 0 Å². The number of hydrogen-bond acceptors (Lipinski definition) is 2. The molecule has 0 aromatic heterocycles. The number of hydrogen-bond donors (Lipinski definition) is 1. The van der Waals surface area contributed by atoms with Crippen LogP contribution in [0.15, 0.2) is 27.1 Å². The zero-order chi connectivity index (χ0) is 13.4. The van der Waals surface area contributed by atoms with Crippen LogP contribution in [0.5, 0.6) is 0 Å². The number of nitrogens with one attached hydrogen (secondary N) is 1. The lowest BCUT2D eigenvalue weighted by Gasteiger charge is -2.19. The molecule has 0 radical (unpaired) electrons. The first kappa shape index (κ1) is 16.2. The van der Waals surface area contributed by atoms with Gasteiger partial charge in [-0.2, -0.15) is 0 Å². The van der Waals surface area contributed by atoms with Gasteiger partial charge in [-0.3, -0.25) is 0 Å². The summed E-state index contributed by atoms with van der Waals surface area (Å²) in [6.45, 7) is 4.05. The molecule has 0 saturated carbocycles. The van der Waals surface area contributed by atoms with Crippen LogP contribution in [0.4, 0.5) is 0 Å². The summed E-state index contributed by atoms with van der Waals surface area (Å²) in [5.74, 6) is 0. The van der Waals surface area contributed by atoms with Crippen molar-refractivity contribution < 1.29 is 4.74 Å². The van der Waals surface area contributed by atoms with Crippen molar-refractivity contribution >= 4 is 31.9 Å². The molecule has 4 heteroatoms. The van der Waals surface area contributed by atoms with Crippen molar-refractivity contribution in [1.29, 1.82) is 0 Å². The number of ether oxygens (including phenoxy) is 1. The highest BCUT2D eigenvalue weighted by Crippen LogP contribution is 2.26. The van der Waals surface area contributed by atoms with E-state index in [-0.39, 0.29) is 0 Å². The molecule has 102 valence electrons. The number of methoxy groups -OCH3 is 1. The third-order valence-corrected chi connectivity index (χ3v) is 3.68. The van der Waals surface area contributed by atoms with E-state index in [0.717, 1.165) is 41.4 Å². The van der Waals surface area contributed by atoms with E-state index in [9.17, 15) is 0 Å². The summed E-state index contributed by atoms with van der Waals surface area (Å²) in [5.41, 5.74) is 1.32. The molecule has 0 aliphatic heterocycles. The summed E-state index contributed by atoms with van der Waals surface area (Å²) in [4.78, 5) is 0. The predicted octanol–water partition coefficient (Wildman–Crippen LogP) is 4.68. The molecule has 0 aliphatic carbocycles. The minimum absolute atomic E-state index is 0.397. The second-order valence-corrected chi connectivity index (χ2v) is 6.18. The quantitative estimate of drug-likeness (QED) is 0.663. The van der Waals surface area contributed by atoms with Gasteiger partial charge in [0.15, 0.2) is 0 Å². The standard InChI is InChI=1S/C14H21Br2NO/c1-3-6-17-14(5-4-7-18-2)11-8-12(15)10-13(16)9-11/h8-10,14,17H,3-7H2,1-2H3. The Morgan fingerprint density at radius 2 is 1.89 bits per heavy atom. The highest BCUT2D eigenvalue weighted by atomic mass is 79.9. The average Bonchev–Trinajstić information content (AvgIpc) is 2.32. The van der Waals surface area contributed by atoms with Crippen LogP contribution in [0, 0.1) is 0 Å². The van der Waals surface area contributed by atoms with Crippen LogP contribution < -0.4 is 5.32 Å². The maximum atomic E-state index is 5.13. The summed E-state index contributed by atoms with van der Waals surface area (Å²) in [5, 5.41) is 3.60. The van der Waals surface area contributed by atoms with Gasteiger partial charge in [0.2, 0.25) is 0 Å². The van der Waals surface area contributed by atoms with E-state index < -0.39 is 0 Å². The molecule has 1 rings (SSSR count). The Balaban J connectivity index is 2.72. The number of halogens is 2. The largest absolute Gasteiger partial charge is 0.385 e. The smallest absolute Gasteiger partial charge is 0.0462 e. The summed E-state index contributed by atoms with van der Waals surface area (Å²) >= 11 is 7.10. The summed E-state index contributed by atoms with van der Waals surface area (Å²) in [6.07, 6.45) is 3.31. The van der Waals surface area contributed by atoms with Crippen LogP contribution in [-0.2, 0) is 4.74 Å². The first-order valence-electron chi connectivity index (χ1n) is 6.35. The molecule has 0 heterocycles. The van der Waals surface area contributed by atoms with Crippen molar-refractivity contribution in [2.45, 2.75) is 32.2 Å². The maximum absolute atomic E-state index is 5.13. The van der Waals surface area contributed by atoms with Gasteiger partial charge in [0.1, 0.15) is 0 Å². The fourth-order valence-electron chi connectivity index (χ4n) is 1.91. The Morgan fingerprint density at radius 1 is 1.22 bits per heavy atom. The summed E-state index contributed by atoms with van der Waals surface area (Å²) in [7, 11) is 1.75. The fraction of sp³-hybridized carbons (Fsp3) is 0.571. The second kappa shape index (κ2) is 9.08. The Hall–Kier alpha value is 0.1000. The zero-order valence-corrected chi connectivity index (χ0v) is 14.2. The lowest BCUT2D eigenvalue weighted by molar-refractivity contribution is 0.188. The molecule has 0 spiro atoms. The molecule has 1 aromatic carbocycles. The average molecular weight is 379 g/mol. The van der Waals surface area contributed by atoms with Gasteiger partial charge in [-0.1, -0.05) is 38.8 Å². The molecule has 2 nitrogen and oxygen atoms in total. The second-order valence-electron chi connectivity index (χ2n) is 4.34. The topological polar surface area (TPSA) is 21.3 Å². The van der Waals surface area contributed by atoms with Gasteiger partial charge in [-0.05, 0) is 49.6 Å². The van der Waals surface area contributed by atoms with E-state index in [1.807, 2.05) is 0 Å². The van der Waals surface area contributed by atoms with E-state index >= 15 is 0 Å². The van der Waals surface area contributed by atoms with E-state index in [2.05, 4.69) is 62.3 Å². The van der Waals surface area contributed by atoms with E-state index in [0.29, 0.717) is 6.04 Å². The van der Waals surface area contributed by atoms with Crippen LogP contribution in [0.2, 0.25) is 0 Å². The molecule has 0 bridgehead atoms. The Bertz CT molecular complexity index is 337. The molecule has 18 heavy (non-hydrogen) atoms. The van der Waals surface area contributed by atoms with Crippen LogP contribution in [-0.4, -0.2) is 20.3 Å². The Morgan fingerprint density at radius 3 is 2.44 bits per heavy atom. The Labute approximate surface area is 127 Å². The van der Waals surface area contributed by atoms with E-state index in [1.54, 1.807) is 7.11 Å². The van der Waals surface area contributed by atoms with Crippen LogP contribution in [0.1, 0.15) is 37.8 Å². The molecule has 1 atom stereocenters. The highest BCUT2D eigenvalue weighted by molar-refractivity contribution is 9.11. The summed E-state index contributed by atoms with van der Waals surface area (Å²) in [6, 6.07) is 6.83. The van der Waals surface area contributed by atoms with Gasteiger partial charge in [0.25, 0.3) is 0 Å². The number of rotatable bonds is 8. The molecule has 1 N–H and O–H groups in total. The van der Waals surface area contributed by atoms with E-state index in [4.69, 9.17) is 4.74 Å². The summed E-state index contributed by atoms with van der Waals surface area (Å²) < 4.78 is 7.36. The molecule has 1 aromatic rings. The van der Waals surface area contributed by atoms with Crippen molar-refractivity contribution in [3.63, 3.8) is 0 Å².